The Bertz CT molecular complexity index is 1430. The summed E-state index contributed by atoms with van der Waals surface area (Å²) in [7, 11) is -3.02. The summed E-state index contributed by atoms with van der Waals surface area (Å²) in [6.45, 7) is 2.56. The number of nitrogens with two attached hydrogens (primary N) is 1. The number of hydrogen-bond acceptors (Lipinski definition) is 7. The first-order valence-corrected chi connectivity index (χ1v) is 14.5. The molecule has 1 amide bonds. The van der Waals surface area contributed by atoms with Crippen LogP contribution in [0.5, 0.6) is 0 Å². The average molecular weight is 522 g/mol. The number of benzene rings is 1. The van der Waals surface area contributed by atoms with Gasteiger partial charge in [-0.2, -0.15) is 5.10 Å². The van der Waals surface area contributed by atoms with Gasteiger partial charge in [-0.1, -0.05) is 43.7 Å². The lowest BCUT2D eigenvalue weighted by atomic mass is 9.83. The fourth-order valence-electron chi connectivity index (χ4n) is 5.27. The van der Waals surface area contributed by atoms with Crippen molar-refractivity contribution in [3.05, 3.63) is 65.1 Å². The van der Waals surface area contributed by atoms with Gasteiger partial charge in [0.05, 0.1) is 29.4 Å². The molecule has 1 aliphatic carbocycles. The third-order valence-electron chi connectivity index (χ3n) is 7.34. The molecule has 1 saturated heterocycles. The number of rotatable bonds is 7. The van der Waals surface area contributed by atoms with E-state index in [9.17, 15) is 18.0 Å². The predicted octanol–water partition coefficient (Wildman–Crippen LogP) is 3.24. The molecule has 194 valence electrons. The number of primary amides is 1. The number of ketones is 1. The van der Waals surface area contributed by atoms with Crippen molar-refractivity contribution in [3.8, 4) is 11.3 Å². The van der Waals surface area contributed by atoms with Crippen LogP contribution in [-0.2, 0) is 22.8 Å². The number of hydrogen-bond donors (Lipinski definition) is 2. The second-order valence-electron chi connectivity index (χ2n) is 9.98. The first-order chi connectivity index (χ1) is 17.7. The summed E-state index contributed by atoms with van der Waals surface area (Å²) >= 11 is 0. The maximum absolute atomic E-state index is 13.2. The highest BCUT2D eigenvalue weighted by atomic mass is 32.2. The van der Waals surface area contributed by atoms with Crippen molar-refractivity contribution in [2.45, 2.75) is 51.6 Å². The van der Waals surface area contributed by atoms with E-state index in [0.29, 0.717) is 48.4 Å². The summed E-state index contributed by atoms with van der Waals surface area (Å²) in [5.74, 6) is -0.141. The van der Waals surface area contributed by atoms with E-state index in [1.807, 2.05) is 30.3 Å². The summed E-state index contributed by atoms with van der Waals surface area (Å²) in [5, 5.41) is 8.20. The quantitative estimate of drug-likeness (QED) is 0.487. The molecule has 2 aromatic heterocycles. The van der Waals surface area contributed by atoms with E-state index in [0.717, 1.165) is 24.0 Å². The molecule has 3 N–H and O–H groups in total. The molecule has 1 aromatic carbocycles. The molecule has 1 atom stereocenters. The normalized spacial score (nSPS) is 19.4. The van der Waals surface area contributed by atoms with Crippen LogP contribution in [0.1, 0.15) is 64.7 Å². The van der Waals surface area contributed by atoms with Crippen LogP contribution in [-0.4, -0.2) is 52.4 Å². The molecule has 0 bridgehead atoms. The number of aromatic nitrogens is 3. The van der Waals surface area contributed by atoms with Gasteiger partial charge in [-0.3, -0.25) is 14.3 Å². The topological polar surface area (TPSA) is 137 Å². The van der Waals surface area contributed by atoms with E-state index in [1.165, 1.54) is 0 Å². The molecule has 0 spiro atoms. The molecule has 0 radical (unpaired) electrons. The largest absolute Gasteiger partial charge is 0.380 e. The third-order valence-corrected chi connectivity index (χ3v) is 9.06. The van der Waals surface area contributed by atoms with Gasteiger partial charge in [-0.15, -0.1) is 0 Å². The van der Waals surface area contributed by atoms with Crippen molar-refractivity contribution in [2.75, 3.05) is 16.8 Å². The fraction of sp³-hybridized carbons (Fsp3) is 0.407. The van der Waals surface area contributed by atoms with Crippen molar-refractivity contribution in [2.24, 2.45) is 11.7 Å². The van der Waals surface area contributed by atoms with E-state index < -0.39 is 15.7 Å². The Kier molecular flexibility index (Phi) is 6.85. The first kappa shape index (κ1) is 25.1. The number of Topliss-reactive ketones (excluding diaryl/α,β-unsaturated/α-hetero) is 1. The Morgan fingerprint density at radius 1 is 1.16 bits per heavy atom. The molecule has 1 fully saturated rings. The maximum Gasteiger partial charge on any atom is 0.269 e. The lowest BCUT2D eigenvalue weighted by Crippen LogP contribution is -2.33. The van der Waals surface area contributed by atoms with E-state index >= 15 is 0 Å². The summed E-state index contributed by atoms with van der Waals surface area (Å²) in [6.07, 6.45) is 4.59. The van der Waals surface area contributed by atoms with E-state index in [2.05, 4.69) is 17.2 Å². The van der Waals surface area contributed by atoms with Crippen LogP contribution in [0.4, 0.5) is 5.69 Å². The van der Waals surface area contributed by atoms with Gasteiger partial charge in [0.15, 0.2) is 11.5 Å². The molecule has 3 heterocycles. The molecule has 5 rings (SSSR count). The number of pyridine rings is 1. The van der Waals surface area contributed by atoms with Crippen LogP contribution >= 0.6 is 0 Å². The second-order valence-corrected chi connectivity index (χ2v) is 12.3. The standard InChI is InChI=1S/C27H31N5O4S/c1-2-17-12-21-24(31-32(26(21)23(33)13-17)16-18-6-4-3-5-7-18)19-14-22(25(27(28)34)29-15-19)30-20-8-10-37(35,36)11-9-20/h3-7,14-15,17,20,30H,2,8-13,16H2,1H3,(H2,28,34). The molecule has 37 heavy (non-hydrogen) atoms. The molecule has 0 saturated carbocycles. The molecule has 1 unspecified atom stereocenters. The van der Waals surface area contributed by atoms with Gasteiger partial charge in [0, 0.05) is 29.8 Å². The van der Waals surface area contributed by atoms with Gasteiger partial charge < -0.3 is 11.1 Å². The van der Waals surface area contributed by atoms with Crippen LogP contribution in [0.3, 0.4) is 0 Å². The summed E-state index contributed by atoms with van der Waals surface area (Å²) in [5.41, 5.74) is 10.1. The van der Waals surface area contributed by atoms with Crippen molar-refractivity contribution < 1.29 is 18.0 Å². The Labute approximate surface area is 216 Å². The molecule has 3 aromatic rings. The number of sulfone groups is 1. The Morgan fingerprint density at radius 2 is 1.89 bits per heavy atom. The second kappa shape index (κ2) is 10.1. The van der Waals surface area contributed by atoms with Gasteiger partial charge in [0.2, 0.25) is 0 Å². The number of fused-ring (bicyclic) bond motifs is 1. The lowest BCUT2D eigenvalue weighted by molar-refractivity contribution is 0.0936. The minimum absolute atomic E-state index is 0.0891. The Morgan fingerprint density at radius 3 is 2.57 bits per heavy atom. The summed E-state index contributed by atoms with van der Waals surface area (Å²) in [6, 6.07) is 11.6. The highest BCUT2D eigenvalue weighted by molar-refractivity contribution is 7.91. The average Bonchev–Trinajstić information content (AvgIpc) is 3.24. The molecular weight excluding hydrogens is 490 g/mol. The fourth-order valence-corrected chi connectivity index (χ4v) is 6.76. The highest BCUT2D eigenvalue weighted by Crippen LogP contribution is 2.36. The van der Waals surface area contributed by atoms with Gasteiger partial charge in [-0.05, 0) is 36.8 Å². The third kappa shape index (κ3) is 5.29. The molecule has 2 aliphatic rings. The Hall–Kier alpha value is -3.53. The van der Waals surface area contributed by atoms with Crippen molar-refractivity contribution in [1.29, 1.82) is 0 Å². The highest BCUT2D eigenvalue weighted by Gasteiger charge is 2.32. The predicted molar refractivity (Wildman–Crippen MR) is 141 cm³/mol. The van der Waals surface area contributed by atoms with Gasteiger partial charge in [-0.25, -0.2) is 13.4 Å². The smallest absolute Gasteiger partial charge is 0.269 e. The summed E-state index contributed by atoms with van der Waals surface area (Å²) < 4.78 is 25.5. The number of carbonyl (C=O) groups is 2. The SMILES string of the molecule is CCC1CC(=O)c2c(c(-c3cnc(C(N)=O)c(NC4CCS(=O)(=O)CC4)c3)nn2Cc2ccccc2)C1. The zero-order valence-corrected chi connectivity index (χ0v) is 21.6. The van der Waals surface area contributed by atoms with Crippen LogP contribution in [0.2, 0.25) is 0 Å². The van der Waals surface area contributed by atoms with E-state index in [4.69, 9.17) is 10.8 Å². The minimum Gasteiger partial charge on any atom is -0.380 e. The lowest BCUT2D eigenvalue weighted by Gasteiger charge is -2.25. The zero-order chi connectivity index (χ0) is 26.2. The zero-order valence-electron chi connectivity index (χ0n) is 20.8. The van der Waals surface area contributed by atoms with Crippen molar-refractivity contribution >= 4 is 27.2 Å². The number of carbonyl (C=O) groups excluding carboxylic acids is 2. The minimum atomic E-state index is -3.02. The molecule has 9 nitrogen and oxygen atoms in total. The number of anilines is 1. The maximum atomic E-state index is 13.2. The van der Waals surface area contributed by atoms with E-state index in [-0.39, 0.29) is 34.9 Å². The monoisotopic (exact) mass is 521 g/mol. The van der Waals surface area contributed by atoms with Gasteiger partial charge in [0.25, 0.3) is 5.91 Å². The Balaban J connectivity index is 1.55. The van der Waals surface area contributed by atoms with Gasteiger partial charge >= 0.3 is 0 Å². The first-order valence-electron chi connectivity index (χ1n) is 12.7. The van der Waals surface area contributed by atoms with E-state index in [1.54, 1.807) is 16.9 Å². The molecular formula is C27H31N5O4S. The van der Waals surface area contributed by atoms with Crippen molar-refractivity contribution in [3.63, 3.8) is 0 Å². The van der Waals surface area contributed by atoms with Crippen LogP contribution in [0.15, 0.2) is 42.6 Å². The van der Waals surface area contributed by atoms with Crippen LogP contribution < -0.4 is 11.1 Å². The van der Waals surface area contributed by atoms with Crippen molar-refractivity contribution in [1.82, 2.24) is 14.8 Å². The number of nitrogens with zero attached hydrogens (tertiary/aromatic N) is 3. The molecule has 10 heteroatoms. The number of amides is 1. The summed E-state index contributed by atoms with van der Waals surface area (Å²) in [4.78, 5) is 29.7. The van der Waals surface area contributed by atoms with Gasteiger partial charge in [0.1, 0.15) is 15.5 Å². The van der Waals surface area contributed by atoms with Crippen LogP contribution in [0, 0.1) is 5.92 Å². The van der Waals surface area contributed by atoms with Crippen LogP contribution in [0.25, 0.3) is 11.3 Å². The number of nitrogens with one attached hydrogen (secondary N) is 1. The molecule has 1 aliphatic heterocycles.